The molecule has 2 amide bonds. The van der Waals surface area contributed by atoms with E-state index in [1.54, 1.807) is 0 Å². The van der Waals surface area contributed by atoms with Crippen LogP contribution in [0.2, 0.25) is 0 Å². The highest BCUT2D eigenvalue weighted by molar-refractivity contribution is 5.87. The van der Waals surface area contributed by atoms with Crippen molar-refractivity contribution in [1.82, 2.24) is 10.6 Å². The van der Waals surface area contributed by atoms with Crippen LogP contribution in [0.3, 0.4) is 0 Å². The Kier molecular flexibility index (Phi) is 5.16. The van der Waals surface area contributed by atoms with Crippen LogP contribution in [-0.2, 0) is 16.1 Å². The van der Waals surface area contributed by atoms with Gasteiger partial charge in [-0.3, -0.25) is 9.59 Å². The van der Waals surface area contributed by atoms with Crippen molar-refractivity contribution >= 4 is 11.8 Å². The number of hydrogen-bond acceptors (Lipinski definition) is 3. The first-order chi connectivity index (χ1) is 8.13. The van der Waals surface area contributed by atoms with Crippen LogP contribution in [0, 0.1) is 0 Å². The average molecular weight is 236 g/mol. The van der Waals surface area contributed by atoms with Gasteiger partial charge in [-0.25, -0.2) is 0 Å². The molecule has 0 spiro atoms. The maximum absolute atomic E-state index is 11.4. The van der Waals surface area contributed by atoms with Crippen LogP contribution < -0.4 is 10.6 Å². The van der Waals surface area contributed by atoms with Crippen LogP contribution in [-0.4, -0.2) is 30.1 Å². The molecule has 1 aromatic carbocycles. The van der Waals surface area contributed by atoms with Gasteiger partial charge in [0.05, 0.1) is 6.42 Å². The first-order valence-corrected chi connectivity index (χ1v) is 5.33. The zero-order valence-corrected chi connectivity index (χ0v) is 9.64. The summed E-state index contributed by atoms with van der Waals surface area (Å²) in [5.41, 5.74) is 0.968. The molecule has 0 radical (unpaired) electrons. The summed E-state index contributed by atoms with van der Waals surface area (Å²) in [7, 11) is 1.41. The molecule has 0 saturated carbocycles. The Morgan fingerprint density at radius 2 is 1.94 bits per heavy atom. The van der Waals surface area contributed by atoms with Gasteiger partial charge in [0.15, 0.2) is 0 Å². The van der Waals surface area contributed by atoms with E-state index < -0.39 is 12.0 Å². The van der Waals surface area contributed by atoms with Crippen molar-refractivity contribution in [1.29, 1.82) is 0 Å². The van der Waals surface area contributed by atoms with E-state index >= 15 is 0 Å². The number of aliphatic hydroxyl groups excluding tert-OH is 1. The first kappa shape index (κ1) is 13.2. The average Bonchev–Trinajstić information content (AvgIpc) is 2.36. The SMILES string of the molecule is CNC(=O)[C@H](O)CC(=O)NCc1ccccc1. The number of benzene rings is 1. The van der Waals surface area contributed by atoms with E-state index in [1.165, 1.54) is 7.05 Å². The fourth-order valence-corrected chi connectivity index (χ4v) is 1.30. The molecule has 0 aliphatic rings. The predicted molar refractivity (Wildman–Crippen MR) is 63.0 cm³/mol. The summed E-state index contributed by atoms with van der Waals surface area (Å²) in [6, 6.07) is 9.41. The number of hydrogen-bond donors (Lipinski definition) is 3. The summed E-state index contributed by atoms with van der Waals surface area (Å²) >= 11 is 0. The van der Waals surface area contributed by atoms with Crippen molar-refractivity contribution in [2.24, 2.45) is 0 Å². The molecular formula is C12H16N2O3. The van der Waals surface area contributed by atoms with Crippen molar-refractivity contribution in [3.05, 3.63) is 35.9 Å². The molecule has 0 fully saturated rings. The minimum Gasteiger partial charge on any atom is -0.383 e. The third kappa shape index (κ3) is 4.65. The summed E-state index contributed by atoms with van der Waals surface area (Å²) in [5.74, 6) is -0.912. The first-order valence-electron chi connectivity index (χ1n) is 5.33. The lowest BCUT2D eigenvalue weighted by Crippen LogP contribution is -2.36. The Morgan fingerprint density at radius 1 is 1.29 bits per heavy atom. The number of rotatable bonds is 5. The Morgan fingerprint density at radius 3 is 2.53 bits per heavy atom. The van der Waals surface area contributed by atoms with Crippen LogP contribution in [0.15, 0.2) is 30.3 Å². The van der Waals surface area contributed by atoms with Gasteiger partial charge in [0.1, 0.15) is 6.10 Å². The maximum Gasteiger partial charge on any atom is 0.249 e. The van der Waals surface area contributed by atoms with Gasteiger partial charge < -0.3 is 15.7 Å². The topological polar surface area (TPSA) is 78.4 Å². The number of aliphatic hydroxyl groups is 1. The number of amides is 2. The minimum absolute atomic E-state index is 0.230. The summed E-state index contributed by atoms with van der Waals surface area (Å²) in [4.78, 5) is 22.4. The minimum atomic E-state index is -1.30. The lowest BCUT2D eigenvalue weighted by molar-refractivity contribution is -0.134. The Balaban J connectivity index is 2.33. The molecule has 1 atom stereocenters. The molecule has 5 heteroatoms. The quantitative estimate of drug-likeness (QED) is 0.662. The number of carbonyl (C=O) groups excluding carboxylic acids is 2. The molecule has 5 nitrogen and oxygen atoms in total. The summed E-state index contributed by atoms with van der Waals surface area (Å²) < 4.78 is 0. The lowest BCUT2D eigenvalue weighted by Gasteiger charge is -2.09. The van der Waals surface area contributed by atoms with Crippen LogP contribution in [0.4, 0.5) is 0 Å². The largest absolute Gasteiger partial charge is 0.383 e. The van der Waals surface area contributed by atoms with E-state index in [4.69, 9.17) is 0 Å². The maximum atomic E-state index is 11.4. The van der Waals surface area contributed by atoms with Crippen molar-refractivity contribution < 1.29 is 14.7 Å². The molecule has 3 N–H and O–H groups in total. The van der Waals surface area contributed by atoms with Crippen molar-refractivity contribution in [3.8, 4) is 0 Å². The normalized spacial score (nSPS) is 11.6. The molecule has 0 unspecified atom stereocenters. The van der Waals surface area contributed by atoms with E-state index in [-0.39, 0.29) is 12.3 Å². The van der Waals surface area contributed by atoms with Gasteiger partial charge in [-0.05, 0) is 5.56 Å². The third-order valence-corrected chi connectivity index (χ3v) is 2.26. The molecule has 0 bridgehead atoms. The summed E-state index contributed by atoms with van der Waals surface area (Å²) in [6.07, 6.45) is -1.53. The van der Waals surface area contributed by atoms with E-state index in [0.717, 1.165) is 5.56 Å². The highest BCUT2D eigenvalue weighted by atomic mass is 16.3. The molecule has 1 aromatic rings. The Bertz CT molecular complexity index is 379. The molecule has 1 rings (SSSR count). The summed E-state index contributed by atoms with van der Waals surface area (Å²) in [6.45, 7) is 0.389. The van der Waals surface area contributed by atoms with Gasteiger partial charge in [-0.2, -0.15) is 0 Å². The second-order valence-corrected chi connectivity index (χ2v) is 3.60. The fourth-order valence-electron chi connectivity index (χ4n) is 1.30. The molecule has 92 valence electrons. The number of nitrogens with one attached hydrogen (secondary N) is 2. The Labute approximate surface area is 99.8 Å². The van der Waals surface area contributed by atoms with E-state index in [1.807, 2.05) is 30.3 Å². The van der Waals surface area contributed by atoms with Gasteiger partial charge >= 0.3 is 0 Å². The van der Waals surface area contributed by atoms with E-state index in [2.05, 4.69) is 10.6 Å². The molecule has 0 aliphatic carbocycles. The second kappa shape index (κ2) is 6.65. The third-order valence-electron chi connectivity index (χ3n) is 2.26. The van der Waals surface area contributed by atoms with Crippen LogP contribution in [0.5, 0.6) is 0 Å². The van der Waals surface area contributed by atoms with E-state index in [0.29, 0.717) is 6.54 Å². The fraction of sp³-hybridized carbons (Fsp3) is 0.333. The van der Waals surface area contributed by atoms with Crippen LogP contribution in [0.25, 0.3) is 0 Å². The van der Waals surface area contributed by atoms with Crippen molar-refractivity contribution in [3.63, 3.8) is 0 Å². The zero-order valence-electron chi connectivity index (χ0n) is 9.64. The molecular weight excluding hydrogens is 220 g/mol. The smallest absolute Gasteiger partial charge is 0.249 e. The number of likely N-dealkylation sites (N-methyl/N-ethyl adjacent to an activating group) is 1. The van der Waals surface area contributed by atoms with Crippen LogP contribution >= 0.6 is 0 Å². The standard InChI is InChI=1S/C12H16N2O3/c1-13-12(17)10(15)7-11(16)14-8-9-5-3-2-4-6-9/h2-6,10,15H,7-8H2,1H3,(H,13,17)(H,14,16)/t10-/m1/s1. The highest BCUT2D eigenvalue weighted by Gasteiger charge is 2.17. The van der Waals surface area contributed by atoms with Crippen molar-refractivity contribution in [2.75, 3.05) is 7.05 Å². The molecule has 0 saturated heterocycles. The van der Waals surface area contributed by atoms with E-state index in [9.17, 15) is 14.7 Å². The number of carbonyl (C=O) groups is 2. The molecule has 0 aromatic heterocycles. The molecule has 0 aliphatic heterocycles. The molecule has 0 heterocycles. The van der Waals surface area contributed by atoms with Gasteiger partial charge in [0.25, 0.3) is 0 Å². The monoisotopic (exact) mass is 236 g/mol. The van der Waals surface area contributed by atoms with Crippen LogP contribution in [0.1, 0.15) is 12.0 Å². The summed E-state index contributed by atoms with van der Waals surface area (Å²) in [5, 5.41) is 14.2. The highest BCUT2D eigenvalue weighted by Crippen LogP contribution is 1.98. The van der Waals surface area contributed by atoms with Gasteiger partial charge in [-0.15, -0.1) is 0 Å². The van der Waals surface area contributed by atoms with Gasteiger partial charge in [-0.1, -0.05) is 30.3 Å². The van der Waals surface area contributed by atoms with Gasteiger partial charge in [0.2, 0.25) is 11.8 Å². The van der Waals surface area contributed by atoms with Crippen molar-refractivity contribution in [2.45, 2.75) is 19.1 Å². The lowest BCUT2D eigenvalue weighted by atomic mass is 10.2. The second-order valence-electron chi connectivity index (χ2n) is 3.60. The zero-order chi connectivity index (χ0) is 12.7. The Hall–Kier alpha value is -1.88. The van der Waals surface area contributed by atoms with Gasteiger partial charge in [0, 0.05) is 13.6 Å². The predicted octanol–water partition coefficient (Wildman–Crippen LogP) is -0.200. The molecule has 17 heavy (non-hydrogen) atoms.